The van der Waals surface area contributed by atoms with Crippen molar-refractivity contribution in [3.63, 3.8) is 0 Å². The van der Waals surface area contributed by atoms with Crippen LogP contribution in [0.1, 0.15) is 19.8 Å². The minimum atomic E-state index is -0.112. The Kier molecular flexibility index (Phi) is 4.36. The Morgan fingerprint density at radius 3 is 2.92 bits per heavy atom. The number of esters is 1. The zero-order valence-electron chi connectivity index (χ0n) is 13.9. The van der Waals surface area contributed by atoms with E-state index in [4.69, 9.17) is 4.74 Å². The van der Waals surface area contributed by atoms with E-state index in [0.717, 1.165) is 39.9 Å². The Labute approximate surface area is 150 Å². The van der Waals surface area contributed by atoms with Crippen LogP contribution < -0.4 is 5.32 Å². The van der Waals surface area contributed by atoms with Crippen LogP contribution in [-0.2, 0) is 9.53 Å². The smallest absolute Gasteiger partial charge is 0.311 e. The largest absolute Gasteiger partial charge is 0.466 e. The third-order valence-electron chi connectivity index (χ3n) is 4.64. The number of nitrogens with zero attached hydrogens (tertiary/aromatic N) is 2. The first-order chi connectivity index (χ1) is 12.2. The van der Waals surface area contributed by atoms with Crippen molar-refractivity contribution < 1.29 is 9.53 Å². The minimum Gasteiger partial charge on any atom is -0.466 e. The van der Waals surface area contributed by atoms with Crippen LogP contribution in [0.2, 0.25) is 0 Å². The number of aromatic nitrogens is 2. The van der Waals surface area contributed by atoms with Crippen molar-refractivity contribution in [3.8, 4) is 10.4 Å². The number of hydrogen-bond acceptors (Lipinski definition) is 6. The van der Waals surface area contributed by atoms with Crippen LogP contribution in [0, 0.1) is 5.92 Å². The summed E-state index contributed by atoms with van der Waals surface area (Å²) < 4.78 is 5.14. The van der Waals surface area contributed by atoms with Crippen LogP contribution in [0.3, 0.4) is 0 Å². The second kappa shape index (κ2) is 6.80. The number of anilines is 1. The molecule has 25 heavy (non-hydrogen) atoms. The van der Waals surface area contributed by atoms with Crippen molar-refractivity contribution in [2.45, 2.75) is 25.8 Å². The summed E-state index contributed by atoms with van der Waals surface area (Å²) in [6.45, 7) is 2.27. The van der Waals surface area contributed by atoms with E-state index in [2.05, 4.69) is 33.5 Å². The van der Waals surface area contributed by atoms with Crippen molar-refractivity contribution in [2.75, 3.05) is 11.9 Å². The number of hydrogen-bond donors (Lipinski definition) is 1. The lowest BCUT2D eigenvalue weighted by Gasteiger charge is -2.35. The molecular weight excluding hydrogens is 334 g/mol. The molecule has 0 bridgehead atoms. The Morgan fingerprint density at radius 2 is 2.20 bits per heavy atom. The lowest BCUT2D eigenvalue weighted by atomic mass is 9.79. The molecule has 1 aliphatic carbocycles. The Bertz CT molecular complexity index is 895. The van der Waals surface area contributed by atoms with Crippen molar-refractivity contribution in [1.82, 2.24) is 9.97 Å². The van der Waals surface area contributed by atoms with E-state index >= 15 is 0 Å². The zero-order valence-corrected chi connectivity index (χ0v) is 14.8. The van der Waals surface area contributed by atoms with Crippen LogP contribution in [-0.4, -0.2) is 28.6 Å². The fourth-order valence-corrected chi connectivity index (χ4v) is 3.75. The standard InChI is InChI=1S/C19H19N3O2S/c1-2-24-19(23)15-5-6-16(15)22-18-8-14-7-12(17-10-20-11-25-17)3-4-13(14)9-21-18/h3-4,7-11,15-16H,2,5-6H2,1H3,(H,21,22). The van der Waals surface area contributed by atoms with E-state index in [0.29, 0.717) is 6.61 Å². The van der Waals surface area contributed by atoms with Gasteiger partial charge in [-0.3, -0.25) is 9.78 Å². The van der Waals surface area contributed by atoms with Crippen molar-refractivity contribution in [1.29, 1.82) is 0 Å². The van der Waals surface area contributed by atoms with E-state index < -0.39 is 0 Å². The van der Waals surface area contributed by atoms with Crippen molar-refractivity contribution in [3.05, 3.63) is 42.2 Å². The number of ether oxygens (including phenoxy) is 1. The molecule has 1 saturated carbocycles. The van der Waals surface area contributed by atoms with E-state index in [1.165, 1.54) is 0 Å². The normalized spacial score (nSPS) is 19.4. The van der Waals surface area contributed by atoms with Gasteiger partial charge in [0.1, 0.15) is 5.82 Å². The lowest BCUT2D eigenvalue weighted by molar-refractivity contribution is -0.151. The van der Waals surface area contributed by atoms with Crippen LogP contribution in [0.5, 0.6) is 0 Å². The predicted octanol–water partition coefficient (Wildman–Crippen LogP) is 4.11. The summed E-state index contributed by atoms with van der Waals surface area (Å²) in [5.41, 5.74) is 2.99. The highest BCUT2D eigenvalue weighted by atomic mass is 32.1. The number of pyridine rings is 1. The molecule has 0 amide bonds. The second-order valence-electron chi connectivity index (χ2n) is 6.18. The first-order valence-electron chi connectivity index (χ1n) is 8.46. The van der Waals surface area contributed by atoms with Gasteiger partial charge < -0.3 is 10.1 Å². The van der Waals surface area contributed by atoms with Gasteiger partial charge in [-0.15, -0.1) is 11.3 Å². The van der Waals surface area contributed by atoms with E-state index in [1.54, 1.807) is 11.3 Å². The summed E-state index contributed by atoms with van der Waals surface area (Å²) >= 11 is 1.63. The quantitative estimate of drug-likeness (QED) is 0.699. The molecule has 1 fully saturated rings. The molecule has 128 valence electrons. The molecule has 0 spiro atoms. The predicted molar refractivity (Wildman–Crippen MR) is 99.6 cm³/mol. The summed E-state index contributed by atoms with van der Waals surface area (Å²) in [6.07, 6.45) is 5.58. The number of fused-ring (bicyclic) bond motifs is 1. The highest BCUT2D eigenvalue weighted by Crippen LogP contribution is 2.32. The first kappa shape index (κ1) is 16.0. The van der Waals surface area contributed by atoms with Gasteiger partial charge in [-0.1, -0.05) is 12.1 Å². The first-order valence-corrected chi connectivity index (χ1v) is 9.34. The molecule has 1 aliphatic rings. The summed E-state index contributed by atoms with van der Waals surface area (Å²) in [4.78, 5) is 21.7. The number of thiazole rings is 1. The molecule has 2 unspecified atom stereocenters. The second-order valence-corrected chi connectivity index (χ2v) is 7.07. The molecule has 2 aromatic heterocycles. The maximum absolute atomic E-state index is 11.9. The molecule has 2 atom stereocenters. The topological polar surface area (TPSA) is 64.1 Å². The fourth-order valence-electron chi connectivity index (χ4n) is 3.13. The van der Waals surface area contributed by atoms with Gasteiger partial charge in [-0.05, 0) is 42.8 Å². The summed E-state index contributed by atoms with van der Waals surface area (Å²) in [5.74, 6) is 0.619. The third kappa shape index (κ3) is 3.22. The van der Waals surface area contributed by atoms with Crippen molar-refractivity contribution in [2.24, 2.45) is 5.92 Å². The lowest BCUT2D eigenvalue weighted by Crippen LogP contribution is -2.44. The van der Waals surface area contributed by atoms with Gasteiger partial charge in [0.25, 0.3) is 0 Å². The zero-order chi connectivity index (χ0) is 17.2. The summed E-state index contributed by atoms with van der Waals surface area (Å²) in [6, 6.07) is 8.47. The van der Waals surface area contributed by atoms with Crippen molar-refractivity contribution >= 4 is 33.9 Å². The molecule has 0 radical (unpaired) electrons. The highest BCUT2D eigenvalue weighted by Gasteiger charge is 2.37. The Balaban J connectivity index is 1.55. The number of carbonyl (C=O) groups excluding carboxylic acids is 1. The molecule has 6 heteroatoms. The Hall–Kier alpha value is -2.47. The van der Waals surface area contributed by atoms with Gasteiger partial charge in [0.15, 0.2) is 0 Å². The molecule has 2 heterocycles. The van der Waals surface area contributed by atoms with Gasteiger partial charge in [-0.25, -0.2) is 4.98 Å². The minimum absolute atomic E-state index is 0.0685. The van der Waals surface area contributed by atoms with E-state index in [-0.39, 0.29) is 17.9 Å². The van der Waals surface area contributed by atoms with Crippen LogP contribution in [0.25, 0.3) is 21.2 Å². The van der Waals surface area contributed by atoms with Crippen LogP contribution in [0.15, 0.2) is 42.2 Å². The molecule has 0 saturated heterocycles. The average molecular weight is 353 g/mol. The summed E-state index contributed by atoms with van der Waals surface area (Å²) in [5, 5.41) is 5.61. The van der Waals surface area contributed by atoms with Crippen LogP contribution >= 0.6 is 11.3 Å². The van der Waals surface area contributed by atoms with E-state index in [9.17, 15) is 4.79 Å². The molecule has 5 nitrogen and oxygen atoms in total. The maximum atomic E-state index is 11.9. The molecule has 1 aromatic carbocycles. The number of nitrogens with one attached hydrogen (secondary N) is 1. The van der Waals surface area contributed by atoms with Gasteiger partial charge in [0.05, 0.1) is 22.9 Å². The van der Waals surface area contributed by atoms with Gasteiger partial charge in [0.2, 0.25) is 0 Å². The number of carbonyl (C=O) groups is 1. The van der Waals surface area contributed by atoms with Gasteiger partial charge >= 0.3 is 5.97 Å². The number of benzene rings is 1. The Morgan fingerprint density at radius 1 is 1.28 bits per heavy atom. The fraction of sp³-hybridized carbons (Fsp3) is 0.316. The molecular formula is C19H19N3O2S. The SMILES string of the molecule is CCOC(=O)C1CCC1Nc1cc2cc(-c3cncs3)ccc2cn1. The third-order valence-corrected chi connectivity index (χ3v) is 5.46. The average Bonchev–Trinajstić information content (AvgIpc) is 3.13. The number of rotatable bonds is 5. The molecule has 0 aliphatic heterocycles. The molecule has 4 rings (SSSR count). The van der Waals surface area contributed by atoms with Crippen LogP contribution in [0.4, 0.5) is 5.82 Å². The summed E-state index contributed by atoms with van der Waals surface area (Å²) in [7, 11) is 0. The molecule has 3 aromatic rings. The monoisotopic (exact) mass is 353 g/mol. The maximum Gasteiger partial charge on any atom is 0.311 e. The van der Waals surface area contributed by atoms with Gasteiger partial charge in [-0.2, -0.15) is 0 Å². The van der Waals surface area contributed by atoms with Gasteiger partial charge in [0, 0.05) is 23.8 Å². The van der Waals surface area contributed by atoms with E-state index in [1.807, 2.05) is 30.9 Å². The molecule has 1 N–H and O–H groups in total. The highest BCUT2D eigenvalue weighted by molar-refractivity contribution is 7.13.